The van der Waals surface area contributed by atoms with Crippen LogP contribution in [-0.4, -0.2) is 4.98 Å². The first-order chi connectivity index (χ1) is 7.88. The van der Waals surface area contributed by atoms with E-state index in [0.29, 0.717) is 5.75 Å². The number of furan rings is 1. The molecule has 0 amide bonds. The molecule has 1 aromatic carbocycles. The van der Waals surface area contributed by atoms with Crippen molar-refractivity contribution >= 4 is 34.9 Å². The Balaban J connectivity index is 2.18. The lowest BCUT2D eigenvalue weighted by molar-refractivity contribution is 0.617. The minimum absolute atomic E-state index is 0.681. The molecule has 0 saturated heterocycles. The van der Waals surface area contributed by atoms with Crippen molar-refractivity contribution in [3.05, 3.63) is 40.9 Å². The maximum absolute atomic E-state index is 5.49. The Morgan fingerprint density at radius 3 is 3.00 bits per heavy atom. The Labute approximate surface area is 102 Å². The van der Waals surface area contributed by atoms with Crippen molar-refractivity contribution < 1.29 is 4.42 Å². The molecule has 80 valence electrons. The van der Waals surface area contributed by atoms with E-state index in [1.165, 1.54) is 0 Å². The maximum Gasteiger partial charge on any atom is 0.134 e. The fraction of sp³-hybridized carbons (Fsp3) is 0.0833. The third-order valence-electron chi connectivity index (χ3n) is 2.44. The van der Waals surface area contributed by atoms with Crippen LogP contribution in [-0.2, 0) is 5.75 Å². The SMILES string of the molecule is SCc1nc(-c2coc3ccccc23)cs1. The Kier molecular flexibility index (Phi) is 2.46. The molecule has 16 heavy (non-hydrogen) atoms. The smallest absolute Gasteiger partial charge is 0.134 e. The highest BCUT2D eigenvalue weighted by atomic mass is 32.1. The van der Waals surface area contributed by atoms with E-state index in [1.807, 2.05) is 29.6 Å². The molecule has 3 rings (SSSR count). The number of thiazole rings is 1. The molecular weight excluding hydrogens is 238 g/mol. The number of para-hydroxylation sites is 1. The fourth-order valence-electron chi connectivity index (χ4n) is 1.68. The molecule has 0 bridgehead atoms. The van der Waals surface area contributed by atoms with E-state index in [-0.39, 0.29) is 0 Å². The monoisotopic (exact) mass is 247 g/mol. The Morgan fingerprint density at radius 2 is 2.19 bits per heavy atom. The molecule has 0 aliphatic carbocycles. The second-order valence-electron chi connectivity index (χ2n) is 3.43. The van der Waals surface area contributed by atoms with Gasteiger partial charge in [-0.3, -0.25) is 0 Å². The highest BCUT2D eigenvalue weighted by molar-refractivity contribution is 7.79. The first-order valence-corrected chi connectivity index (χ1v) is 6.41. The standard InChI is InChI=1S/C12H9NOS2/c15-6-12-13-10(7-16-12)9-5-14-11-4-2-1-3-8(9)11/h1-5,7,15H,6H2. The zero-order valence-electron chi connectivity index (χ0n) is 8.38. The summed E-state index contributed by atoms with van der Waals surface area (Å²) >= 11 is 5.85. The minimum atomic E-state index is 0.681. The molecule has 3 aromatic rings. The highest BCUT2D eigenvalue weighted by Crippen LogP contribution is 2.31. The number of rotatable bonds is 2. The molecule has 0 spiro atoms. The number of hydrogen-bond donors (Lipinski definition) is 1. The number of thiol groups is 1. The van der Waals surface area contributed by atoms with Gasteiger partial charge in [-0.1, -0.05) is 18.2 Å². The summed E-state index contributed by atoms with van der Waals surface area (Å²) in [5.74, 6) is 0.681. The van der Waals surface area contributed by atoms with Gasteiger partial charge in [0.25, 0.3) is 0 Å². The van der Waals surface area contributed by atoms with E-state index in [1.54, 1.807) is 17.6 Å². The number of hydrogen-bond acceptors (Lipinski definition) is 4. The lowest BCUT2D eigenvalue weighted by Gasteiger charge is -1.91. The molecule has 0 aliphatic rings. The number of benzene rings is 1. The lowest BCUT2D eigenvalue weighted by Crippen LogP contribution is -1.77. The van der Waals surface area contributed by atoms with Crippen molar-refractivity contribution in [2.24, 2.45) is 0 Å². The summed E-state index contributed by atoms with van der Waals surface area (Å²) < 4.78 is 5.49. The third kappa shape index (κ3) is 1.54. The van der Waals surface area contributed by atoms with E-state index in [9.17, 15) is 0 Å². The van der Waals surface area contributed by atoms with Crippen LogP contribution in [0.3, 0.4) is 0 Å². The van der Waals surface area contributed by atoms with Gasteiger partial charge in [0.15, 0.2) is 0 Å². The predicted molar refractivity (Wildman–Crippen MR) is 70.0 cm³/mol. The molecule has 0 unspecified atom stereocenters. The van der Waals surface area contributed by atoms with Crippen LogP contribution in [0.2, 0.25) is 0 Å². The molecule has 2 heterocycles. The van der Waals surface area contributed by atoms with Crippen molar-refractivity contribution in [3.8, 4) is 11.3 Å². The van der Waals surface area contributed by atoms with Gasteiger partial charge < -0.3 is 4.42 Å². The molecule has 0 saturated carbocycles. The molecule has 0 radical (unpaired) electrons. The average molecular weight is 247 g/mol. The van der Waals surface area contributed by atoms with Gasteiger partial charge in [-0.25, -0.2) is 4.98 Å². The molecule has 2 aromatic heterocycles. The van der Waals surface area contributed by atoms with Crippen LogP contribution in [0.15, 0.2) is 40.3 Å². The summed E-state index contributed by atoms with van der Waals surface area (Å²) in [6, 6.07) is 7.99. The van der Waals surface area contributed by atoms with E-state index in [4.69, 9.17) is 4.42 Å². The lowest BCUT2D eigenvalue weighted by atomic mass is 10.1. The van der Waals surface area contributed by atoms with Crippen LogP contribution in [0.5, 0.6) is 0 Å². The van der Waals surface area contributed by atoms with Crippen molar-refractivity contribution in [2.75, 3.05) is 0 Å². The van der Waals surface area contributed by atoms with Crippen molar-refractivity contribution in [1.82, 2.24) is 4.98 Å². The summed E-state index contributed by atoms with van der Waals surface area (Å²) in [5, 5.41) is 4.19. The molecule has 4 heteroatoms. The molecule has 2 nitrogen and oxygen atoms in total. The largest absolute Gasteiger partial charge is 0.464 e. The Hall–Kier alpha value is -1.26. The normalized spacial score (nSPS) is 11.1. The van der Waals surface area contributed by atoms with Gasteiger partial charge in [-0.15, -0.1) is 11.3 Å². The second-order valence-corrected chi connectivity index (χ2v) is 4.69. The van der Waals surface area contributed by atoms with Crippen LogP contribution in [0, 0.1) is 0 Å². The highest BCUT2D eigenvalue weighted by Gasteiger charge is 2.10. The zero-order chi connectivity index (χ0) is 11.0. The van der Waals surface area contributed by atoms with Crippen LogP contribution < -0.4 is 0 Å². The van der Waals surface area contributed by atoms with E-state index >= 15 is 0 Å². The molecule has 0 atom stereocenters. The van der Waals surface area contributed by atoms with Crippen LogP contribution in [0.25, 0.3) is 22.2 Å². The Bertz CT molecular complexity index is 627. The van der Waals surface area contributed by atoms with Gasteiger partial charge in [0, 0.05) is 22.1 Å². The summed E-state index contributed by atoms with van der Waals surface area (Å²) in [6.07, 6.45) is 1.77. The topological polar surface area (TPSA) is 26.0 Å². The quantitative estimate of drug-likeness (QED) is 0.693. The summed E-state index contributed by atoms with van der Waals surface area (Å²) in [7, 11) is 0. The van der Waals surface area contributed by atoms with Gasteiger partial charge in [-0.2, -0.15) is 12.6 Å². The van der Waals surface area contributed by atoms with E-state index in [2.05, 4.69) is 17.6 Å². The van der Waals surface area contributed by atoms with Gasteiger partial charge in [0.05, 0.1) is 5.69 Å². The molecular formula is C12H9NOS2. The molecule has 0 aliphatic heterocycles. The van der Waals surface area contributed by atoms with Gasteiger partial charge in [-0.05, 0) is 6.07 Å². The van der Waals surface area contributed by atoms with E-state index in [0.717, 1.165) is 27.2 Å². The maximum atomic E-state index is 5.49. The Morgan fingerprint density at radius 1 is 1.31 bits per heavy atom. The number of fused-ring (bicyclic) bond motifs is 1. The van der Waals surface area contributed by atoms with Crippen LogP contribution in [0.1, 0.15) is 5.01 Å². The van der Waals surface area contributed by atoms with Gasteiger partial charge >= 0.3 is 0 Å². The van der Waals surface area contributed by atoms with Crippen LogP contribution in [0.4, 0.5) is 0 Å². The fourth-order valence-corrected chi connectivity index (χ4v) is 2.63. The van der Waals surface area contributed by atoms with Crippen molar-refractivity contribution in [2.45, 2.75) is 5.75 Å². The summed E-state index contributed by atoms with van der Waals surface area (Å²) in [6.45, 7) is 0. The number of aromatic nitrogens is 1. The molecule has 0 N–H and O–H groups in total. The first-order valence-electron chi connectivity index (χ1n) is 4.90. The third-order valence-corrected chi connectivity index (χ3v) is 3.81. The summed E-state index contributed by atoms with van der Waals surface area (Å²) in [4.78, 5) is 4.50. The average Bonchev–Trinajstić information content (AvgIpc) is 2.94. The second kappa shape index (κ2) is 3.96. The minimum Gasteiger partial charge on any atom is -0.464 e. The van der Waals surface area contributed by atoms with Gasteiger partial charge in [0.2, 0.25) is 0 Å². The zero-order valence-corrected chi connectivity index (χ0v) is 10.1. The van der Waals surface area contributed by atoms with Crippen molar-refractivity contribution in [3.63, 3.8) is 0 Å². The summed E-state index contributed by atoms with van der Waals surface area (Å²) in [5.41, 5.74) is 2.93. The van der Waals surface area contributed by atoms with E-state index < -0.39 is 0 Å². The van der Waals surface area contributed by atoms with Crippen LogP contribution >= 0.6 is 24.0 Å². The predicted octanol–water partition coefficient (Wildman–Crippen LogP) is 3.99. The number of nitrogens with zero attached hydrogens (tertiary/aromatic N) is 1. The van der Waals surface area contributed by atoms with Gasteiger partial charge in [0.1, 0.15) is 16.9 Å². The van der Waals surface area contributed by atoms with Crippen molar-refractivity contribution in [1.29, 1.82) is 0 Å². The first kappa shape index (κ1) is 9.93. The molecule has 0 fully saturated rings.